The molecular weight excluding hydrogens is 380 g/mol. The van der Waals surface area contributed by atoms with Crippen LogP contribution in [0.15, 0.2) is 65.8 Å². The molecule has 1 N–H and O–H groups in total. The number of nitrogens with zero attached hydrogens (tertiary/aromatic N) is 3. The van der Waals surface area contributed by atoms with E-state index in [1.54, 1.807) is 0 Å². The number of benzene rings is 3. The second-order valence-electron chi connectivity index (χ2n) is 7.01. The number of hydrogen-bond donors (Lipinski definition) is 1. The highest BCUT2D eigenvalue weighted by Crippen LogP contribution is 2.44. The number of carbonyl (C=O) groups is 1. The van der Waals surface area contributed by atoms with Crippen molar-refractivity contribution in [3.05, 3.63) is 66.2 Å². The Labute approximate surface area is 172 Å². The molecule has 0 spiro atoms. The summed E-state index contributed by atoms with van der Waals surface area (Å²) in [6.45, 7) is 2.02. The van der Waals surface area contributed by atoms with Crippen LogP contribution >= 0.6 is 11.8 Å². The van der Waals surface area contributed by atoms with Gasteiger partial charge in [0.2, 0.25) is 11.1 Å². The Morgan fingerprint density at radius 3 is 2.41 bits per heavy atom. The maximum atomic E-state index is 12.2. The van der Waals surface area contributed by atoms with Gasteiger partial charge in [0.15, 0.2) is 0 Å². The fourth-order valence-corrected chi connectivity index (χ4v) is 4.30. The third-order valence-corrected chi connectivity index (χ3v) is 5.82. The lowest BCUT2D eigenvalue weighted by atomic mass is 10.0. The molecule has 0 radical (unpaired) electrons. The zero-order valence-electron chi connectivity index (χ0n) is 15.8. The molecule has 1 amide bonds. The van der Waals surface area contributed by atoms with E-state index in [2.05, 4.69) is 39.8 Å². The largest absolute Gasteiger partial charge is 0.326 e. The normalized spacial score (nSPS) is 11.5. The molecule has 0 atom stereocenters. The van der Waals surface area contributed by atoms with Crippen molar-refractivity contribution in [1.29, 1.82) is 0 Å². The first-order valence-electron chi connectivity index (χ1n) is 9.45. The minimum absolute atomic E-state index is 0.0207. The van der Waals surface area contributed by atoms with Gasteiger partial charge in [0.1, 0.15) is 11.4 Å². The second kappa shape index (κ2) is 7.29. The van der Waals surface area contributed by atoms with Crippen LogP contribution in [0, 0.1) is 6.92 Å². The van der Waals surface area contributed by atoms with Gasteiger partial charge < -0.3 is 5.32 Å². The first-order chi connectivity index (χ1) is 14.2. The molecule has 6 heteroatoms. The highest BCUT2D eigenvalue weighted by molar-refractivity contribution is 7.99. The number of hydrogen-bond acceptors (Lipinski definition) is 5. The summed E-state index contributed by atoms with van der Waals surface area (Å²) in [6, 6.07) is 20.2. The van der Waals surface area contributed by atoms with Crippen molar-refractivity contribution in [1.82, 2.24) is 15.2 Å². The molecule has 3 aromatic carbocycles. The highest BCUT2D eigenvalue weighted by atomic mass is 32.2. The summed E-state index contributed by atoms with van der Waals surface area (Å²) in [5.41, 5.74) is 5.87. The van der Waals surface area contributed by atoms with E-state index in [0.717, 1.165) is 33.8 Å². The Morgan fingerprint density at radius 1 is 0.931 bits per heavy atom. The Balaban J connectivity index is 1.28. The fourth-order valence-electron chi connectivity index (χ4n) is 3.57. The van der Waals surface area contributed by atoms with Crippen molar-refractivity contribution >= 4 is 34.1 Å². The average molecular weight is 398 g/mol. The molecule has 1 heterocycles. The molecule has 1 aromatic heterocycles. The first kappa shape index (κ1) is 17.8. The molecule has 1 aliphatic rings. The van der Waals surface area contributed by atoms with Crippen LogP contribution in [0.25, 0.3) is 33.3 Å². The summed E-state index contributed by atoms with van der Waals surface area (Å²) < 4.78 is 0. The van der Waals surface area contributed by atoms with E-state index in [4.69, 9.17) is 4.98 Å². The molecular formula is C23H18N4OS. The summed E-state index contributed by atoms with van der Waals surface area (Å²) in [5, 5.41) is 14.6. The summed E-state index contributed by atoms with van der Waals surface area (Å²) >= 11 is 1.45. The van der Waals surface area contributed by atoms with E-state index >= 15 is 0 Å². The second-order valence-corrected chi connectivity index (χ2v) is 8.08. The molecule has 1 aliphatic carbocycles. The molecule has 0 bridgehead atoms. The van der Waals surface area contributed by atoms with E-state index in [9.17, 15) is 4.79 Å². The third-order valence-electron chi connectivity index (χ3n) is 4.98. The predicted molar refractivity (Wildman–Crippen MR) is 117 cm³/mol. The Hall–Kier alpha value is -3.25. The Morgan fingerprint density at radius 2 is 1.66 bits per heavy atom. The number of rotatable bonds is 5. The van der Waals surface area contributed by atoms with Gasteiger partial charge in [0.05, 0.1) is 0 Å². The highest BCUT2D eigenvalue weighted by Gasteiger charge is 2.24. The summed E-state index contributed by atoms with van der Waals surface area (Å²) in [4.78, 5) is 16.9. The number of aromatic nitrogens is 3. The molecule has 142 valence electrons. The van der Waals surface area contributed by atoms with Gasteiger partial charge >= 0.3 is 0 Å². The van der Waals surface area contributed by atoms with Crippen molar-refractivity contribution in [3.63, 3.8) is 0 Å². The summed E-state index contributed by atoms with van der Waals surface area (Å²) in [7, 11) is 0. The molecule has 5 nitrogen and oxygen atoms in total. The number of anilines is 1. The SMILES string of the molecule is Cc1ccc(NC(=O)CCSc2nnc3c(n2)-c2cccc4cccc-3c24)cc1. The lowest BCUT2D eigenvalue weighted by Crippen LogP contribution is -2.12. The van der Waals surface area contributed by atoms with E-state index in [1.807, 2.05) is 43.3 Å². The standard InChI is InChI=1S/C23H18N4OS/c1-14-8-10-16(11-9-14)24-19(28)12-13-29-23-25-21-17-6-2-4-15-5-3-7-18(20(15)17)22(21)26-27-23/h2-11H,12-13H2,1H3,(H,24,28). The first-order valence-corrected chi connectivity index (χ1v) is 10.4. The van der Waals surface area contributed by atoms with Crippen LogP contribution in [0.5, 0.6) is 0 Å². The van der Waals surface area contributed by atoms with Crippen molar-refractivity contribution in [2.24, 2.45) is 0 Å². The van der Waals surface area contributed by atoms with E-state index in [1.165, 1.54) is 22.5 Å². The molecule has 0 saturated heterocycles. The van der Waals surface area contributed by atoms with Crippen LogP contribution in [0.3, 0.4) is 0 Å². The molecule has 29 heavy (non-hydrogen) atoms. The molecule has 0 saturated carbocycles. The molecule has 0 unspecified atom stereocenters. The smallest absolute Gasteiger partial charge is 0.225 e. The maximum Gasteiger partial charge on any atom is 0.225 e. The van der Waals surface area contributed by atoms with Gasteiger partial charge in [-0.2, -0.15) is 0 Å². The topological polar surface area (TPSA) is 67.8 Å². The molecule has 5 rings (SSSR count). The third kappa shape index (κ3) is 3.36. The minimum atomic E-state index is -0.0207. The van der Waals surface area contributed by atoms with Crippen LogP contribution in [0.2, 0.25) is 0 Å². The molecule has 0 fully saturated rings. The van der Waals surface area contributed by atoms with Crippen molar-refractivity contribution in [2.75, 3.05) is 11.1 Å². The van der Waals surface area contributed by atoms with Crippen LogP contribution in [0.4, 0.5) is 5.69 Å². The van der Waals surface area contributed by atoms with Gasteiger partial charge in [-0.1, -0.05) is 65.9 Å². The number of fused-ring (bicyclic) bond motifs is 3. The van der Waals surface area contributed by atoms with E-state index in [0.29, 0.717) is 17.3 Å². The maximum absolute atomic E-state index is 12.2. The lowest BCUT2D eigenvalue weighted by Gasteiger charge is -2.06. The summed E-state index contributed by atoms with van der Waals surface area (Å²) in [6.07, 6.45) is 0.384. The van der Waals surface area contributed by atoms with Crippen LogP contribution in [-0.4, -0.2) is 26.8 Å². The number of thioether (sulfide) groups is 1. The number of amides is 1. The number of nitrogens with one attached hydrogen (secondary N) is 1. The fraction of sp³-hybridized carbons (Fsp3) is 0.130. The van der Waals surface area contributed by atoms with Gasteiger partial charge in [-0.05, 0) is 24.4 Å². The van der Waals surface area contributed by atoms with Crippen LogP contribution < -0.4 is 5.32 Å². The Bertz CT molecular complexity index is 1230. The molecule has 0 aliphatic heterocycles. The van der Waals surface area contributed by atoms with Crippen molar-refractivity contribution in [2.45, 2.75) is 18.5 Å². The average Bonchev–Trinajstić information content (AvgIpc) is 3.05. The van der Waals surface area contributed by atoms with Gasteiger partial charge in [0.25, 0.3) is 0 Å². The lowest BCUT2D eigenvalue weighted by molar-refractivity contribution is -0.115. The molecule has 4 aromatic rings. The van der Waals surface area contributed by atoms with E-state index < -0.39 is 0 Å². The quantitative estimate of drug-likeness (QED) is 0.417. The zero-order chi connectivity index (χ0) is 19.8. The summed E-state index contributed by atoms with van der Waals surface area (Å²) in [5.74, 6) is 0.572. The Kier molecular flexibility index (Phi) is 4.48. The van der Waals surface area contributed by atoms with Crippen LogP contribution in [-0.2, 0) is 4.79 Å². The zero-order valence-corrected chi connectivity index (χ0v) is 16.7. The van der Waals surface area contributed by atoms with Crippen LogP contribution in [0.1, 0.15) is 12.0 Å². The van der Waals surface area contributed by atoms with Gasteiger partial charge in [-0.25, -0.2) is 4.98 Å². The van der Waals surface area contributed by atoms with Crippen molar-refractivity contribution in [3.8, 4) is 22.5 Å². The number of aryl methyl sites for hydroxylation is 1. The van der Waals surface area contributed by atoms with Crippen molar-refractivity contribution < 1.29 is 4.79 Å². The van der Waals surface area contributed by atoms with Gasteiger partial charge in [-0.15, -0.1) is 10.2 Å². The van der Waals surface area contributed by atoms with Gasteiger partial charge in [-0.3, -0.25) is 4.79 Å². The monoisotopic (exact) mass is 398 g/mol. The minimum Gasteiger partial charge on any atom is -0.326 e. The predicted octanol–water partition coefficient (Wildman–Crippen LogP) is 5.10. The number of carbonyl (C=O) groups excluding carboxylic acids is 1. The van der Waals surface area contributed by atoms with Gasteiger partial charge in [0, 0.05) is 34.4 Å². The van der Waals surface area contributed by atoms with E-state index in [-0.39, 0.29) is 5.91 Å².